The van der Waals surface area contributed by atoms with Gasteiger partial charge in [0.05, 0.1) is 18.8 Å². The number of methoxy groups -OCH3 is 1. The first-order valence-electron chi connectivity index (χ1n) is 11.4. The molecule has 1 saturated heterocycles. The maximum atomic E-state index is 12.7. The molecule has 176 valence electrons. The van der Waals surface area contributed by atoms with E-state index < -0.39 is 11.8 Å². The number of carbonyl (C=O) groups excluding carboxylic acids is 2. The highest BCUT2D eigenvalue weighted by atomic mass is 16.5. The Morgan fingerprint density at radius 1 is 1.00 bits per heavy atom. The van der Waals surface area contributed by atoms with E-state index in [0.717, 1.165) is 39.1 Å². The van der Waals surface area contributed by atoms with Crippen molar-refractivity contribution in [3.05, 3.63) is 53.6 Å². The summed E-state index contributed by atoms with van der Waals surface area (Å²) in [4.78, 5) is 32.2. The number of rotatable bonds is 6. The molecule has 0 aliphatic carbocycles. The molecule has 2 aromatic rings. The van der Waals surface area contributed by atoms with Crippen LogP contribution >= 0.6 is 0 Å². The zero-order valence-corrected chi connectivity index (χ0v) is 19.6. The number of ether oxygens (including phenoxy) is 1. The van der Waals surface area contributed by atoms with Crippen molar-refractivity contribution in [3.8, 4) is 5.75 Å². The Morgan fingerprint density at radius 3 is 2.52 bits per heavy atom. The van der Waals surface area contributed by atoms with Crippen LogP contribution in [0.3, 0.4) is 0 Å². The van der Waals surface area contributed by atoms with Gasteiger partial charge in [-0.15, -0.1) is 0 Å². The number of para-hydroxylation sites is 2. The SMILES string of the molecule is COc1ccccc1NC(=O)C(=O)NC[C@@H](c1ccc2c(c1)CCN2C)N1CCN(C)CC1. The van der Waals surface area contributed by atoms with Crippen molar-refractivity contribution < 1.29 is 14.3 Å². The van der Waals surface area contributed by atoms with Crippen molar-refractivity contribution in [1.82, 2.24) is 15.1 Å². The molecule has 0 saturated carbocycles. The summed E-state index contributed by atoms with van der Waals surface area (Å²) < 4.78 is 5.25. The Hall–Kier alpha value is -3.10. The van der Waals surface area contributed by atoms with E-state index in [9.17, 15) is 9.59 Å². The number of amides is 2. The topological polar surface area (TPSA) is 77.1 Å². The molecule has 2 aliphatic rings. The summed E-state index contributed by atoms with van der Waals surface area (Å²) in [7, 11) is 5.77. The van der Waals surface area contributed by atoms with Crippen molar-refractivity contribution in [2.75, 3.05) is 70.7 Å². The van der Waals surface area contributed by atoms with E-state index in [2.05, 4.69) is 57.6 Å². The van der Waals surface area contributed by atoms with E-state index in [1.54, 1.807) is 18.2 Å². The number of fused-ring (bicyclic) bond motifs is 1. The normalized spacial score (nSPS) is 17.4. The number of piperazine rings is 1. The standard InChI is InChI=1S/C25H33N5O3/c1-28-12-14-30(15-13-28)22(18-8-9-21-19(16-18)10-11-29(21)2)17-26-24(31)25(32)27-20-6-4-5-7-23(20)33-3/h4-9,16,22H,10-15,17H2,1-3H3,(H,26,31)(H,27,32)/t22-/m0/s1. The lowest BCUT2D eigenvalue weighted by molar-refractivity contribution is -0.136. The van der Waals surface area contributed by atoms with Gasteiger partial charge in [0.15, 0.2) is 0 Å². The third-order valence-corrected chi connectivity index (χ3v) is 6.61. The maximum absolute atomic E-state index is 12.7. The second-order valence-electron chi connectivity index (χ2n) is 8.78. The highest BCUT2D eigenvalue weighted by Crippen LogP contribution is 2.31. The summed E-state index contributed by atoms with van der Waals surface area (Å²) in [6, 6.07) is 13.7. The molecule has 8 nitrogen and oxygen atoms in total. The minimum atomic E-state index is -0.702. The molecule has 1 atom stereocenters. The molecule has 2 heterocycles. The Kier molecular flexibility index (Phi) is 7.15. The van der Waals surface area contributed by atoms with Crippen LogP contribution in [0.4, 0.5) is 11.4 Å². The van der Waals surface area contributed by atoms with Crippen LogP contribution in [0.1, 0.15) is 17.2 Å². The van der Waals surface area contributed by atoms with E-state index in [1.807, 2.05) is 6.07 Å². The van der Waals surface area contributed by atoms with E-state index in [0.29, 0.717) is 18.0 Å². The predicted octanol–water partition coefficient (Wildman–Crippen LogP) is 1.73. The number of anilines is 2. The van der Waals surface area contributed by atoms with Crippen LogP contribution in [0.15, 0.2) is 42.5 Å². The van der Waals surface area contributed by atoms with Gasteiger partial charge in [-0.25, -0.2) is 0 Å². The fraction of sp³-hybridized carbons (Fsp3) is 0.440. The second-order valence-corrected chi connectivity index (χ2v) is 8.78. The van der Waals surface area contributed by atoms with Gasteiger partial charge in [0.2, 0.25) is 0 Å². The summed E-state index contributed by atoms with van der Waals surface area (Å²) in [5.41, 5.74) is 4.27. The van der Waals surface area contributed by atoms with Crippen LogP contribution in [-0.4, -0.2) is 82.1 Å². The molecular formula is C25H33N5O3. The summed E-state index contributed by atoms with van der Waals surface area (Å²) >= 11 is 0. The van der Waals surface area contributed by atoms with E-state index >= 15 is 0 Å². The number of likely N-dealkylation sites (N-methyl/N-ethyl adjacent to an activating group) is 2. The third-order valence-electron chi connectivity index (χ3n) is 6.61. The zero-order valence-electron chi connectivity index (χ0n) is 19.6. The minimum absolute atomic E-state index is 0.0120. The second kappa shape index (κ2) is 10.2. The highest BCUT2D eigenvalue weighted by Gasteiger charge is 2.27. The molecule has 4 rings (SSSR count). The van der Waals surface area contributed by atoms with Gasteiger partial charge in [0, 0.05) is 52.0 Å². The van der Waals surface area contributed by atoms with E-state index in [1.165, 1.54) is 23.9 Å². The summed E-state index contributed by atoms with van der Waals surface area (Å²) in [6.07, 6.45) is 1.03. The lowest BCUT2D eigenvalue weighted by Gasteiger charge is -2.38. The van der Waals surface area contributed by atoms with Crippen molar-refractivity contribution in [2.45, 2.75) is 12.5 Å². The molecule has 33 heavy (non-hydrogen) atoms. The Bertz CT molecular complexity index is 1000. The van der Waals surface area contributed by atoms with Gasteiger partial charge in [-0.2, -0.15) is 0 Å². The number of hydrogen-bond acceptors (Lipinski definition) is 6. The summed E-state index contributed by atoms with van der Waals surface area (Å²) in [5.74, 6) is -0.842. The molecule has 0 radical (unpaired) electrons. The lowest BCUT2D eigenvalue weighted by atomic mass is 10.00. The monoisotopic (exact) mass is 451 g/mol. The van der Waals surface area contributed by atoms with E-state index in [4.69, 9.17) is 4.74 Å². The van der Waals surface area contributed by atoms with Crippen LogP contribution in [0, 0.1) is 0 Å². The van der Waals surface area contributed by atoms with Gasteiger partial charge in [0.25, 0.3) is 0 Å². The van der Waals surface area contributed by atoms with Gasteiger partial charge in [0.1, 0.15) is 5.75 Å². The van der Waals surface area contributed by atoms with Crippen molar-refractivity contribution in [2.24, 2.45) is 0 Å². The summed E-state index contributed by atoms with van der Waals surface area (Å²) in [5, 5.41) is 5.51. The van der Waals surface area contributed by atoms with Crippen LogP contribution in [0.2, 0.25) is 0 Å². The fourth-order valence-corrected chi connectivity index (χ4v) is 4.58. The summed E-state index contributed by atoms with van der Waals surface area (Å²) in [6.45, 7) is 5.19. The van der Waals surface area contributed by atoms with E-state index in [-0.39, 0.29) is 6.04 Å². The van der Waals surface area contributed by atoms with Crippen LogP contribution in [0.5, 0.6) is 5.75 Å². The molecule has 0 spiro atoms. The van der Waals surface area contributed by atoms with Gasteiger partial charge in [-0.3, -0.25) is 14.5 Å². The van der Waals surface area contributed by atoms with Gasteiger partial charge in [-0.05, 0) is 42.8 Å². The smallest absolute Gasteiger partial charge is 0.313 e. The van der Waals surface area contributed by atoms with Crippen LogP contribution in [-0.2, 0) is 16.0 Å². The molecule has 2 aromatic carbocycles. The maximum Gasteiger partial charge on any atom is 0.313 e. The average molecular weight is 452 g/mol. The first kappa shape index (κ1) is 23.1. The van der Waals surface area contributed by atoms with Gasteiger partial charge < -0.3 is 25.2 Å². The molecular weight excluding hydrogens is 418 g/mol. The Labute approximate surface area is 195 Å². The first-order valence-corrected chi connectivity index (χ1v) is 11.4. The number of carbonyl (C=O) groups is 2. The quantitative estimate of drug-likeness (QED) is 0.652. The minimum Gasteiger partial charge on any atom is -0.495 e. The molecule has 0 bridgehead atoms. The number of nitrogens with one attached hydrogen (secondary N) is 2. The van der Waals surface area contributed by atoms with Crippen LogP contribution < -0.4 is 20.3 Å². The lowest BCUT2D eigenvalue weighted by Crippen LogP contribution is -2.49. The molecule has 0 aromatic heterocycles. The van der Waals surface area contributed by atoms with Gasteiger partial charge >= 0.3 is 11.8 Å². The molecule has 1 fully saturated rings. The number of benzene rings is 2. The average Bonchev–Trinajstić information content (AvgIpc) is 3.20. The number of nitrogens with zero attached hydrogens (tertiary/aromatic N) is 3. The largest absolute Gasteiger partial charge is 0.495 e. The Balaban J connectivity index is 1.46. The highest BCUT2D eigenvalue weighted by molar-refractivity contribution is 6.39. The molecule has 8 heteroatoms. The van der Waals surface area contributed by atoms with Crippen molar-refractivity contribution in [3.63, 3.8) is 0 Å². The van der Waals surface area contributed by atoms with Crippen molar-refractivity contribution in [1.29, 1.82) is 0 Å². The molecule has 2 N–H and O–H groups in total. The molecule has 0 unspecified atom stereocenters. The Morgan fingerprint density at radius 2 is 1.76 bits per heavy atom. The van der Waals surface area contributed by atoms with Gasteiger partial charge in [-0.1, -0.05) is 24.3 Å². The first-order chi connectivity index (χ1) is 16.0. The predicted molar refractivity (Wildman–Crippen MR) is 130 cm³/mol. The third kappa shape index (κ3) is 5.29. The fourth-order valence-electron chi connectivity index (χ4n) is 4.58. The number of hydrogen-bond donors (Lipinski definition) is 2. The molecule has 2 aliphatic heterocycles. The van der Waals surface area contributed by atoms with Crippen molar-refractivity contribution >= 4 is 23.2 Å². The molecule has 2 amide bonds. The zero-order chi connectivity index (χ0) is 23.4. The van der Waals surface area contributed by atoms with Crippen LogP contribution in [0.25, 0.3) is 0 Å².